The van der Waals surface area contributed by atoms with Gasteiger partial charge in [-0.3, -0.25) is 0 Å². The van der Waals surface area contributed by atoms with Crippen molar-refractivity contribution >= 4 is 25.8 Å². The van der Waals surface area contributed by atoms with Crippen LogP contribution in [0.2, 0.25) is 0 Å². The van der Waals surface area contributed by atoms with Crippen LogP contribution in [0.15, 0.2) is 28.7 Å². The van der Waals surface area contributed by atoms with Crippen LogP contribution >= 0.6 is 15.9 Å². The van der Waals surface area contributed by atoms with Gasteiger partial charge in [-0.15, -0.1) is 0 Å². The molecule has 0 radical (unpaired) electrons. The average Bonchev–Trinajstić information content (AvgIpc) is 2.25. The van der Waals surface area contributed by atoms with Crippen LogP contribution in [-0.2, 0) is 9.84 Å². The molecule has 0 aliphatic heterocycles. The molecule has 0 aliphatic rings. The molecule has 1 rings (SSSR count). The zero-order chi connectivity index (χ0) is 13.8. The summed E-state index contributed by atoms with van der Waals surface area (Å²) in [4.78, 5) is 0. The fourth-order valence-corrected chi connectivity index (χ4v) is 3.26. The third-order valence-corrected chi connectivity index (χ3v) is 4.35. The third-order valence-electron chi connectivity index (χ3n) is 2.72. The van der Waals surface area contributed by atoms with Crippen LogP contribution in [0.1, 0.15) is 31.9 Å². The molecular weight excluding hydrogens is 314 g/mol. The van der Waals surface area contributed by atoms with E-state index in [0.29, 0.717) is 0 Å². The average molecular weight is 334 g/mol. The molecule has 0 fully saturated rings. The second kappa shape index (κ2) is 6.68. The lowest BCUT2D eigenvalue weighted by atomic mass is 10.0. The van der Waals surface area contributed by atoms with E-state index in [4.69, 9.17) is 0 Å². The van der Waals surface area contributed by atoms with E-state index < -0.39 is 9.84 Å². The summed E-state index contributed by atoms with van der Waals surface area (Å²) in [7, 11) is -2.94. The molecule has 0 aromatic heterocycles. The maximum atomic E-state index is 11.2. The zero-order valence-corrected chi connectivity index (χ0v) is 13.4. The monoisotopic (exact) mass is 333 g/mol. The van der Waals surface area contributed by atoms with Gasteiger partial charge in [0.25, 0.3) is 0 Å². The van der Waals surface area contributed by atoms with E-state index in [9.17, 15) is 8.42 Å². The summed E-state index contributed by atoms with van der Waals surface area (Å²) in [5.74, 6) is 0.167. The van der Waals surface area contributed by atoms with Crippen molar-refractivity contribution in [3.05, 3.63) is 34.3 Å². The fourth-order valence-electron chi connectivity index (χ4n) is 1.99. The molecule has 2 unspecified atom stereocenters. The number of rotatable bonds is 6. The van der Waals surface area contributed by atoms with Crippen molar-refractivity contribution in [3.63, 3.8) is 0 Å². The highest BCUT2D eigenvalue weighted by atomic mass is 79.9. The Bertz CT molecular complexity index is 470. The largest absolute Gasteiger partial charge is 0.306 e. The van der Waals surface area contributed by atoms with Gasteiger partial charge in [0.2, 0.25) is 0 Å². The highest BCUT2D eigenvalue weighted by Gasteiger charge is 2.15. The summed E-state index contributed by atoms with van der Waals surface area (Å²) < 4.78 is 23.5. The number of nitrogens with one attached hydrogen (secondary N) is 1. The van der Waals surface area contributed by atoms with Gasteiger partial charge in [-0.2, -0.15) is 0 Å². The smallest absolute Gasteiger partial charge is 0.148 e. The van der Waals surface area contributed by atoms with Gasteiger partial charge in [0.05, 0.1) is 5.75 Å². The Morgan fingerprint density at radius 3 is 2.28 bits per heavy atom. The first-order valence-electron chi connectivity index (χ1n) is 6.01. The van der Waals surface area contributed by atoms with Gasteiger partial charge in [-0.25, -0.2) is 8.42 Å². The molecule has 0 bridgehead atoms. The van der Waals surface area contributed by atoms with Crippen molar-refractivity contribution < 1.29 is 8.42 Å². The summed E-state index contributed by atoms with van der Waals surface area (Å²) in [6.07, 6.45) is 2.20. The lowest BCUT2D eigenvalue weighted by Crippen LogP contribution is -2.35. The Kier molecular flexibility index (Phi) is 5.82. The molecule has 0 aliphatic carbocycles. The topological polar surface area (TPSA) is 46.2 Å². The summed E-state index contributed by atoms with van der Waals surface area (Å²) in [6, 6.07) is 8.25. The molecule has 102 valence electrons. The molecule has 5 heteroatoms. The minimum atomic E-state index is -2.94. The van der Waals surface area contributed by atoms with Crippen molar-refractivity contribution in [2.24, 2.45) is 0 Å². The Balaban J connectivity index is 2.70. The summed E-state index contributed by atoms with van der Waals surface area (Å²) in [5.41, 5.74) is 1.18. The van der Waals surface area contributed by atoms with Crippen molar-refractivity contribution in [1.82, 2.24) is 5.32 Å². The van der Waals surface area contributed by atoms with Gasteiger partial charge in [0.1, 0.15) is 9.84 Å². The van der Waals surface area contributed by atoms with E-state index in [1.165, 1.54) is 11.8 Å². The van der Waals surface area contributed by atoms with Crippen molar-refractivity contribution in [2.75, 3.05) is 12.0 Å². The number of halogens is 1. The fraction of sp³-hybridized carbons (Fsp3) is 0.538. The van der Waals surface area contributed by atoms with E-state index in [1.807, 2.05) is 19.1 Å². The number of hydrogen-bond donors (Lipinski definition) is 1. The molecule has 1 aromatic rings. The predicted octanol–water partition coefficient (Wildman–Crippen LogP) is 2.92. The third kappa shape index (κ3) is 5.50. The quantitative estimate of drug-likeness (QED) is 0.870. The second-order valence-electron chi connectivity index (χ2n) is 4.67. The van der Waals surface area contributed by atoms with Crippen LogP contribution in [0, 0.1) is 0 Å². The van der Waals surface area contributed by atoms with Crippen LogP contribution in [0.25, 0.3) is 0 Å². The first-order valence-corrected chi connectivity index (χ1v) is 8.86. The van der Waals surface area contributed by atoms with Gasteiger partial charge in [0, 0.05) is 22.8 Å². The van der Waals surface area contributed by atoms with E-state index in [1.54, 1.807) is 0 Å². The predicted molar refractivity (Wildman–Crippen MR) is 79.5 cm³/mol. The molecular formula is C13H20BrNO2S. The number of sulfone groups is 1. The molecule has 0 saturated carbocycles. The SMILES string of the molecule is CCC(NC(C)CS(C)(=O)=O)c1ccc(Br)cc1. The Labute approximate surface area is 118 Å². The second-order valence-corrected chi connectivity index (χ2v) is 7.77. The molecule has 0 saturated heterocycles. The number of benzene rings is 1. The van der Waals surface area contributed by atoms with Crippen LogP contribution in [0.5, 0.6) is 0 Å². The van der Waals surface area contributed by atoms with E-state index in [0.717, 1.165) is 10.9 Å². The van der Waals surface area contributed by atoms with Crippen molar-refractivity contribution in [1.29, 1.82) is 0 Å². The standard InChI is InChI=1S/C13H20BrNO2S/c1-4-13(11-5-7-12(14)8-6-11)15-10(2)9-18(3,16)17/h5-8,10,13,15H,4,9H2,1-3H3. The minimum Gasteiger partial charge on any atom is -0.306 e. The van der Waals surface area contributed by atoms with Crippen molar-refractivity contribution in [2.45, 2.75) is 32.4 Å². The normalized spacial score (nSPS) is 15.3. The maximum absolute atomic E-state index is 11.2. The number of hydrogen-bond acceptors (Lipinski definition) is 3. The first kappa shape index (κ1) is 15.7. The maximum Gasteiger partial charge on any atom is 0.148 e. The van der Waals surface area contributed by atoms with Gasteiger partial charge in [-0.1, -0.05) is 35.0 Å². The molecule has 3 nitrogen and oxygen atoms in total. The minimum absolute atomic E-state index is 0.0476. The van der Waals surface area contributed by atoms with E-state index >= 15 is 0 Å². The zero-order valence-electron chi connectivity index (χ0n) is 11.0. The molecule has 1 N–H and O–H groups in total. The van der Waals surface area contributed by atoms with Crippen LogP contribution in [-0.4, -0.2) is 26.5 Å². The van der Waals surface area contributed by atoms with Gasteiger partial charge in [-0.05, 0) is 31.0 Å². The van der Waals surface area contributed by atoms with E-state index in [-0.39, 0.29) is 17.8 Å². The lowest BCUT2D eigenvalue weighted by Gasteiger charge is -2.22. The van der Waals surface area contributed by atoms with Crippen LogP contribution < -0.4 is 5.32 Å². The van der Waals surface area contributed by atoms with E-state index in [2.05, 4.69) is 40.3 Å². The Morgan fingerprint density at radius 1 is 1.28 bits per heavy atom. The van der Waals surface area contributed by atoms with Gasteiger partial charge >= 0.3 is 0 Å². The van der Waals surface area contributed by atoms with Crippen LogP contribution in [0.4, 0.5) is 0 Å². The highest BCUT2D eigenvalue weighted by Crippen LogP contribution is 2.20. The van der Waals surface area contributed by atoms with Crippen molar-refractivity contribution in [3.8, 4) is 0 Å². The van der Waals surface area contributed by atoms with Gasteiger partial charge in [0.15, 0.2) is 0 Å². The lowest BCUT2D eigenvalue weighted by molar-refractivity contribution is 0.464. The van der Waals surface area contributed by atoms with Crippen LogP contribution in [0.3, 0.4) is 0 Å². The molecule has 18 heavy (non-hydrogen) atoms. The molecule has 0 heterocycles. The summed E-state index contributed by atoms with van der Waals surface area (Å²) >= 11 is 3.41. The summed E-state index contributed by atoms with van der Waals surface area (Å²) in [5, 5.41) is 3.36. The molecule has 0 amide bonds. The molecule has 2 atom stereocenters. The highest BCUT2D eigenvalue weighted by molar-refractivity contribution is 9.10. The van der Waals surface area contributed by atoms with Gasteiger partial charge < -0.3 is 5.32 Å². The Morgan fingerprint density at radius 2 is 1.83 bits per heavy atom. The first-order chi connectivity index (χ1) is 8.31. The molecule has 0 spiro atoms. The molecule has 1 aromatic carbocycles. The summed E-state index contributed by atoms with van der Waals surface area (Å²) in [6.45, 7) is 4.00. The Hall–Kier alpha value is -0.390.